The van der Waals surface area contributed by atoms with Gasteiger partial charge in [-0.1, -0.05) is 0 Å². The lowest BCUT2D eigenvalue weighted by Gasteiger charge is -2.10. The molecule has 2 heterocycles. The van der Waals surface area contributed by atoms with Gasteiger partial charge in [0.1, 0.15) is 17.5 Å². The van der Waals surface area contributed by atoms with E-state index in [0.29, 0.717) is 17.0 Å². The summed E-state index contributed by atoms with van der Waals surface area (Å²) < 4.78 is 8.17. The zero-order valence-corrected chi connectivity index (χ0v) is 11.3. The van der Waals surface area contributed by atoms with Crippen LogP contribution in [0.2, 0.25) is 0 Å². The van der Waals surface area contributed by atoms with E-state index in [2.05, 4.69) is 44.8 Å². The van der Waals surface area contributed by atoms with Gasteiger partial charge in [0, 0.05) is 12.2 Å². The van der Waals surface area contributed by atoms with E-state index >= 15 is 0 Å². The summed E-state index contributed by atoms with van der Waals surface area (Å²) in [6.45, 7) is 4.48. The van der Waals surface area contributed by atoms with Crippen molar-refractivity contribution in [3.05, 3.63) is 35.1 Å². The standard InChI is InChI=1S/C11H13BrN4O/c1-8(2)16-10(14-7-15-16)6-17-9-4-3-5-13-11(9)12/h3-5,7-8H,6H2,1-2H3. The van der Waals surface area contributed by atoms with E-state index in [1.165, 1.54) is 6.33 Å². The third-order valence-corrected chi connectivity index (χ3v) is 2.81. The lowest BCUT2D eigenvalue weighted by Crippen LogP contribution is -2.10. The maximum Gasteiger partial charge on any atom is 0.165 e. The van der Waals surface area contributed by atoms with Gasteiger partial charge < -0.3 is 4.74 Å². The predicted octanol–water partition coefficient (Wildman–Crippen LogP) is 2.60. The van der Waals surface area contributed by atoms with Crippen LogP contribution in [-0.2, 0) is 6.61 Å². The van der Waals surface area contributed by atoms with Gasteiger partial charge in [-0.2, -0.15) is 5.10 Å². The Morgan fingerprint density at radius 2 is 2.24 bits per heavy atom. The second-order valence-corrected chi connectivity index (χ2v) is 4.55. The fourth-order valence-corrected chi connectivity index (χ4v) is 1.79. The number of nitrogens with zero attached hydrogens (tertiary/aromatic N) is 4. The van der Waals surface area contributed by atoms with E-state index in [9.17, 15) is 0 Å². The van der Waals surface area contributed by atoms with E-state index in [1.54, 1.807) is 6.20 Å². The number of hydrogen-bond acceptors (Lipinski definition) is 4. The molecule has 0 atom stereocenters. The van der Waals surface area contributed by atoms with Gasteiger partial charge in [0.15, 0.2) is 11.6 Å². The topological polar surface area (TPSA) is 52.8 Å². The molecule has 0 fully saturated rings. The van der Waals surface area contributed by atoms with Crippen LogP contribution in [0.1, 0.15) is 25.7 Å². The molecule has 0 unspecified atom stereocenters. The molecule has 90 valence electrons. The predicted molar refractivity (Wildman–Crippen MR) is 66.7 cm³/mol. The fourth-order valence-electron chi connectivity index (χ4n) is 1.43. The lowest BCUT2D eigenvalue weighted by molar-refractivity contribution is 0.279. The lowest BCUT2D eigenvalue weighted by atomic mass is 10.4. The maximum absolute atomic E-state index is 5.64. The van der Waals surface area contributed by atoms with Crippen LogP contribution in [0.15, 0.2) is 29.3 Å². The molecule has 0 saturated carbocycles. The SMILES string of the molecule is CC(C)n1ncnc1COc1cccnc1Br. The first-order chi connectivity index (χ1) is 8.18. The largest absolute Gasteiger partial charge is 0.483 e. The van der Waals surface area contributed by atoms with Crippen LogP contribution in [0.4, 0.5) is 0 Å². The van der Waals surface area contributed by atoms with Gasteiger partial charge in [-0.15, -0.1) is 0 Å². The van der Waals surface area contributed by atoms with Crippen molar-refractivity contribution in [2.45, 2.75) is 26.5 Å². The van der Waals surface area contributed by atoms with Crippen LogP contribution in [0, 0.1) is 0 Å². The first kappa shape index (κ1) is 12.0. The highest BCUT2D eigenvalue weighted by atomic mass is 79.9. The maximum atomic E-state index is 5.64. The van der Waals surface area contributed by atoms with E-state index in [0.717, 1.165) is 5.82 Å². The first-order valence-electron chi connectivity index (χ1n) is 5.30. The van der Waals surface area contributed by atoms with E-state index in [1.807, 2.05) is 16.8 Å². The Morgan fingerprint density at radius 3 is 2.94 bits per heavy atom. The smallest absolute Gasteiger partial charge is 0.165 e. The zero-order chi connectivity index (χ0) is 12.3. The number of hydrogen-bond donors (Lipinski definition) is 0. The van der Waals surface area contributed by atoms with Crippen LogP contribution in [0.25, 0.3) is 0 Å². The Hall–Kier alpha value is -1.43. The molecule has 2 rings (SSSR count). The van der Waals surface area contributed by atoms with Crippen LogP contribution in [0.5, 0.6) is 5.75 Å². The Balaban J connectivity index is 2.08. The minimum absolute atomic E-state index is 0.272. The molecule has 0 N–H and O–H groups in total. The van der Waals surface area contributed by atoms with Gasteiger partial charge in [-0.3, -0.25) is 0 Å². The minimum Gasteiger partial charge on any atom is -0.483 e. The second kappa shape index (κ2) is 5.27. The number of ether oxygens (including phenoxy) is 1. The molecule has 2 aromatic rings. The molecular formula is C11H13BrN4O. The van der Waals surface area contributed by atoms with E-state index in [4.69, 9.17) is 4.74 Å². The summed E-state index contributed by atoms with van der Waals surface area (Å²) in [7, 11) is 0. The highest BCUT2D eigenvalue weighted by Gasteiger charge is 2.09. The average Bonchev–Trinajstić information content (AvgIpc) is 2.76. The Morgan fingerprint density at radius 1 is 1.41 bits per heavy atom. The van der Waals surface area contributed by atoms with Crippen LogP contribution < -0.4 is 4.74 Å². The molecule has 0 radical (unpaired) electrons. The van der Waals surface area contributed by atoms with E-state index < -0.39 is 0 Å². The molecule has 0 amide bonds. The summed E-state index contributed by atoms with van der Waals surface area (Å²) >= 11 is 3.33. The molecule has 0 saturated heterocycles. The van der Waals surface area contributed by atoms with Crippen molar-refractivity contribution < 1.29 is 4.74 Å². The molecule has 0 spiro atoms. The monoisotopic (exact) mass is 296 g/mol. The molecule has 0 bridgehead atoms. The second-order valence-electron chi connectivity index (χ2n) is 3.80. The number of aromatic nitrogens is 4. The zero-order valence-electron chi connectivity index (χ0n) is 9.67. The van der Waals surface area contributed by atoms with Crippen LogP contribution in [0.3, 0.4) is 0 Å². The molecule has 0 aliphatic carbocycles. The fraction of sp³-hybridized carbons (Fsp3) is 0.364. The summed E-state index contributed by atoms with van der Waals surface area (Å²) in [4.78, 5) is 8.26. The number of halogens is 1. The van der Waals surface area contributed by atoms with Crippen LogP contribution in [-0.4, -0.2) is 19.7 Å². The summed E-state index contributed by atoms with van der Waals surface area (Å²) in [5.41, 5.74) is 0. The van der Waals surface area contributed by atoms with E-state index in [-0.39, 0.29) is 6.04 Å². The Bertz CT molecular complexity index is 498. The Kier molecular flexibility index (Phi) is 3.73. The van der Waals surface area contributed by atoms with Gasteiger partial charge in [0.25, 0.3) is 0 Å². The minimum atomic E-state index is 0.272. The third kappa shape index (κ3) is 2.82. The third-order valence-electron chi connectivity index (χ3n) is 2.22. The molecule has 0 aromatic carbocycles. The summed E-state index contributed by atoms with van der Waals surface area (Å²) in [6, 6.07) is 3.95. The Labute approximate surface area is 108 Å². The molecule has 2 aromatic heterocycles. The normalized spacial score (nSPS) is 10.8. The molecule has 0 aliphatic rings. The number of pyridine rings is 1. The highest BCUT2D eigenvalue weighted by molar-refractivity contribution is 9.10. The summed E-state index contributed by atoms with van der Waals surface area (Å²) in [5.74, 6) is 1.50. The van der Waals surface area contributed by atoms with Gasteiger partial charge in [-0.05, 0) is 41.9 Å². The van der Waals surface area contributed by atoms with Gasteiger partial charge in [-0.25, -0.2) is 14.6 Å². The summed E-state index contributed by atoms with van der Waals surface area (Å²) in [5, 5.41) is 4.15. The molecule has 17 heavy (non-hydrogen) atoms. The highest BCUT2D eigenvalue weighted by Crippen LogP contribution is 2.22. The quantitative estimate of drug-likeness (QED) is 0.814. The van der Waals surface area contributed by atoms with Crippen LogP contribution >= 0.6 is 15.9 Å². The average molecular weight is 297 g/mol. The van der Waals surface area contributed by atoms with Crippen molar-refractivity contribution in [2.24, 2.45) is 0 Å². The van der Waals surface area contributed by atoms with Crippen molar-refractivity contribution in [3.63, 3.8) is 0 Å². The van der Waals surface area contributed by atoms with Crippen molar-refractivity contribution in [1.82, 2.24) is 19.7 Å². The van der Waals surface area contributed by atoms with Crippen molar-refractivity contribution >= 4 is 15.9 Å². The van der Waals surface area contributed by atoms with Gasteiger partial charge in [0.2, 0.25) is 0 Å². The van der Waals surface area contributed by atoms with Gasteiger partial charge in [0.05, 0.1) is 0 Å². The molecule has 6 heteroatoms. The van der Waals surface area contributed by atoms with Gasteiger partial charge >= 0.3 is 0 Å². The first-order valence-corrected chi connectivity index (χ1v) is 6.09. The van der Waals surface area contributed by atoms with Crippen molar-refractivity contribution in [2.75, 3.05) is 0 Å². The molecule has 0 aliphatic heterocycles. The van der Waals surface area contributed by atoms with Crippen molar-refractivity contribution in [1.29, 1.82) is 0 Å². The molecular weight excluding hydrogens is 284 g/mol. The summed E-state index contributed by atoms with van der Waals surface area (Å²) in [6.07, 6.45) is 3.24. The van der Waals surface area contributed by atoms with Crippen molar-refractivity contribution in [3.8, 4) is 5.75 Å². The molecule has 5 nitrogen and oxygen atoms in total. The number of rotatable bonds is 4.